The molecule has 2 aliphatic rings. The van der Waals surface area contributed by atoms with Gasteiger partial charge in [0.1, 0.15) is 0 Å². The van der Waals surface area contributed by atoms with Crippen LogP contribution >= 0.6 is 0 Å². The van der Waals surface area contributed by atoms with Gasteiger partial charge < -0.3 is 10.1 Å². The average molecular weight is 268 g/mol. The van der Waals surface area contributed by atoms with Crippen molar-refractivity contribution in [3.63, 3.8) is 0 Å². The molecule has 1 aliphatic heterocycles. The highest BCUT2D eigenvalue weighted by Crippen LogP contribution is 2.28. The third-order valence-electron chi connectivity index (χ3n) is 4.58. The van der Waals surface area contributed by atoms with E-state index in [1.807, 2.05) is 0 Å². The molecule has 0 amide bonds. The standard InChI is InChI=1S/C16H32N2O/c1-4-9-17-16(15-7-5-6-8-15)12-18-10-13(2)19-14(3)11-18/h13-17H,4-12H2,1-3H3. The number of ether oxygens (including phenoxy) is 1. The van der Waals surface area contributed by atoms with Crippen molar-refractivity contribution >= 4 is 0 Å². The molecule has 0 aromatic rings. The summed E-state index contributed by atoms with van der Waals surface area (Å²) in [6.45, 7) is 11.2. The van der Waals surface area contributed by atoms with Gasteiger partial charge in [0.05, 0.1) is 12.2 Å². The number of nitrogens with one attached hydrogen (secondary N) is 1. The Kier molecular flexibility index (Phi) is 6.11. The molecule has 112 valence electrons. The van der Waals surface area contributed by atoms with E-state index >= 15 is 0 Å². The van der Waals surface area contributed by atoms with E-state index in [9.17, 15) is 0 Å². The van der Waals surface area contributed by atoms with Crippen molar-refractivity contribution in [3.05, 3.63) is 0 Å². The lowest BCUT2D eigenvalue weighted by atomic mass is 9.97. The number of morpholine rings is 1. The Balaban J connectivity index is 1.86. The van der Waals surface area contributed by atoms with Crippen LogP contribution < -0.4 is 5.32 Å². The summed E-state index contributed by atoms with van der Waals surface area (Å²) < 4.78 is 5.84. The van der Waals surface area contributed by atoms with Gasteiger partial charge in [0.15, 0.2) is 0 Å². The summed E-state index contributed by atoms with van der Waals surface area (Å²) in [7, 11) is 0. The van der Waals surface area contributed by atoms with Gasteiger partial charge in [-0.05, 0) is 45.6 Å². The molecule has 0 bridgehead atoms. The summed E-state index contributed by atoms with van der Waals surface area (Å²) in [5, 5.41) is 3.81. The van der Waals surface area contributed by atoms with Crippen molar-refractivity contribution in [2.24, 2.45) is 5.92 Å². The van der Waals surface area contributed by atoms with Crippen molar-refractivity contribution in [1.82, 2.24) is 10.2 Å². The molecule has 0 aromatic carbocycles. The van der Waals surface area contributed by atoms with Crippen molar-refractivity contribution in [2.45, 2.75) is 71.1 Å². The van der Waals surface area contributed by atoms with Gasteiger partial charge in [-0.2, -0.15) is 0 Å². The SMILES string of the molecule is CCCNC(CN1CC(C)OC(C)C1)C1CCCC1. The lowest BCUT2D eigenvalue weighted by Crippen LogP contribution is -2.52. The molecule has 2 fully saturated rings. The van der Waals surface area contributed by atoms with E-state index in [0.29, 0.717) is 18.2 Å². The average Bonchev–Trinajstić information content (AvgIpc) is 2.87. The lowest BCUT2D eigenvalue weighted by Gasteiger charge is -2.38. The van der Waals surface area contributed by atoms with Gasteiger partial charge in [0.2, 0.25) is 0 Å². The number of hydrogen-bond acceptors (Lipinski definition) is 3. The van der Waals surface area contributed by atoms with Crippen molar-refractivity contribution in [1.29, 1.82) is 0 Å². The first kappa shape index (κ1) is 15.3. The predicted octanol–water partition coefficient (Wildman–Crippen LogP) is 2.65. The summed E-state index contributed by atoms with van der Waals surface area (Å²) in [6, 6.07) is 0.694. The Hall–Kier alpha value is -0.120. The van der Waals surface area contributed by atoms with Crippen LogP contribution in [0.1, 0.15) is 52.9 Å². The van der Waals surface area contributed by atoms with E-state index in [4.69, 9.17) is 4.74 Å². The molecule has 3 unspecified atom stereocenters. The zero-order valence-electron chi connectivity index (χ0n) is 13.0. The normalized spacial score (nSPS) is 31.7. The molecule has 0 spiro atoms. The molecular formula is C16H32N2O. The largest absolute Gasteiger partial charge is 0.373 e. The maximum absolute atomic E-state index is 5.84. The lowest BCUT2D eigenvalue weighted by molar-refractivity contribution is -0.0711. The molecule has 3 nitrogen and oxygen atoms in total. The molecule has 3 heteroatoms. The van der Waals surface area contributed by atoms with Crippen LogP contribution in [0.3, 0.4) is 0 Å². The fourth-order valence-corrected chi connectivity index (χ4v) is 3.78. The van der Waals surface area contributed by atoms with Gasteiger partial charge in [0, 0.05) is 25.7 Å². The molecular weight excluding hydrogens is 236 g/mol. The molecule has 3 atom stereocenters. The highest BCUT2D eigenvalue weighted by molar-refractivity contribution is 4.85. The fraction of sp³-hybridized carbons (Fsp3) is 1.00. The van der Waals surface area contributed by atoms with E-state index in [1.165, 1.54) is 38.6 Å². The predicted molar refractivity (Wildman–Crippen MR) is 80.5 cm³/mol. The number of hydrogen-bond donors (Lipinski definition) is 1. The van der Waals surface area contributed by atoms with Gasteiger partial charge in [-0.3, -0.25) is 4.90 Å². The monoisotopic (exact) mass is 268 g/mol. The minimum absolute atomic E-state index is 0.388. The van der Waals surface area contributed by atoms with Crippen LogP contribution in [-0.4, -0.2) is 49.3 Å². The molecule has 0 aromatic heterocycles. The third-order valence-corrected chi connectivity index (χ3v) is 4.58. The summed E-state index contributed by atoms with van der Waals surface area (Å²) in [5.74, 6) is 0.903. The van der Waals surface area contributed by atoms with Crippen LogP contribution in [0.2, 0.25) is 0 Å². The highest BCUT2D eigenvalue weighted by atomic mass is 16.5. The van der Waals surface area contributed by atoms with Gasteiger partial charge >= 0.3 is 0 Å². The number of nitrogens with zero attached hydrogens (tertiary/aromatic N) is 1. The number of rotatable bonds is 6. The molecule has 1 heterocycles. The minimum atomic E-state index is 0.388. The van der Waals surface area contributed by atoms with E-state index in [0.717, 1.165) is 25.6 Å². The summed E-state index contributed by atoms with van der Waals surface area (Å²) in [5.41, 5.74) is 0. The second kappa shape index (κ2) is 7.61. The van der Waals surface area contributed by atoms with Crippen molar-refractivity contribution < 1.29 is 4.74 Å². The molecule has 19 heavy (non-hydrogen) atoms. The molecule has 2 rings (SSSR count). The zero-order chi connectivity index (χ0) is 13.7. The zero-order valence-corrected chi connectivity index (χ0v) is 13.0. The first-order valence-corrected chi connectivity index (χ1v) is 8.30. The van der Waals surface area contributed by atoms with Gasteiger partial charge in [-0.1, -0.05) is 19.8 Å². The summed E-state index contributed by atoms with van der Waals surface area (Å²) in [6.07, 6.45) is 7.74. The van der Waals surface area contributed by atoms with E-state index < -0.39 is 0 Å². The van der Waals surface area contributed by atoms with Gasteiger partial charge in [-0.25, -0.2) is 0 Å². The second-order valence-corrected chi connectivity index (χ2v) is 6.58. The van der Waals surface area contributed by atoms with Crippen LogP contribution in [0.25, 0.3) is 0 Å². The smallest absolute Gasteiger partial charge is 0.0678 e. The Morgan fingerprint density at radius 2 is 1.79 bits per heavy atom. The van der Waals surface area contributed by atoms with Crippen LogP contribution in [0.15, 0.2) is 0 Å². The van der Waals surface area contributed by atoms with Crippen LogP contribution in [0.5, 0.6) is 0 Å². The topological polar surface area (TPSA) is 24.5 Å². The minimum Gasteiger partial charge on any atom is -0.373 e. The summed E-state index contributed by atoms with van der Waals surface area (Å²) in [4.78, 5) is 2.62. The Labute approximate surface area is 119 Å². The first-order valence-electron chi connectivity index (χ1n) is 8.30. The molecule has 1 N–H and O–H groups in total. The molecule has 1 saturated carbocycles. The third kappa shape index (κ3) is 4.73. The molecule has 1 aliphatic carbocycles. The first-order chi connectivity index (χ1) is 9.19. The maximum atomic E-state index is 5.84. The van der Waals surface area contributed by atoms with Gasteiger partial charge in [0.25, 0.3) is 0 Å². The molecule has 1 saturated heterocycles. The summed E-state index contributed by atoms with van der Waals surface area (Å²) >= 11 is 0. The Morgan fingerprint density at radius 1 is 1.16 bits per heavy atom. The quantitative estimate of drug-likeness (QED) is 0.801. The fourth-order valence-electron chi connectivity index (χ4n) is 3.78. The Bertz CT molecular complexity index is 243. The van der Waals surface area contributed by atoms with Crippen molar-refractivity contribution in [3.8, 4) is 0 Å². The van der Waals surface area contributed by atoms with E-state index in [1.54, 1.807) is 0 Å². The highest BCUT2D eigenvalue weighted by Gasteiger charge is 2.29. The second-order valence-electron chi connectivity index (χ2n) is 6.58. The van der Waals surface area contributed by atoms with E-state index in [-0.39, 0.29) is 0 Å². The maximum Gasteiger partial charge on any atom is 0.0678 e. The molecule has 0 radical (unpaired) electrons. The van der Waals surface area contributed by atoms with E-state index in [2.05, 4.69) is 31.0 Å². The van der Waals surface area contributed by atoms with Crippen molar-refractivity contribution in [2.75, 3.05) is 26.2 Å². The van der Waals surface area contributed by atoms with Gasteiger partial charge in [-0.15, -0.1) is 0 Å². The Morgan fingerprint density at radius 3 is 2.37 bits per heavy atom. The van der Waals surface area contributed by atoms with Crippen LogP contribution in [-0.2, 0) is 4.74 Å². The van der Waals surface area contributed by atoms with Crippen LogP contribution in [0.4, 0.5) is 0 Å². The van der Waals surface area contributed by atoms with Crippen LogP contribution in [0, 0.1) is 5.92 Å².